The maximum absolute atomic E-state index is 11.6. The van der Waals surface area contributed by atoms with E-state index in [-0.39, 0.29) is 24.4 Å². The van der Waals surface area contributed by atoms with Gasteiger partial charge in [0.25, 0.3) is 0 Å². The second-order valence-electron chi connectivity index (χ2n) is 5.13. The molecule has 23 heavy (non-hydrogen) atoms. The third-order valence-electron chi connectivity index (χ3n) is 3.06. The van der Waals surface area contributed by atoms with Crippen molar-refractivity contribution in [1.29, 1.82) is 0 Å². The van der Waals surface area contributed by atoms with E-state index in [1.54, 1.807) is 12.1 Å². The molecular weight excluding hydrogens is 339 g/mol. The summed E-state index contributed by atoms with van der Waals surface area (Å²) in [5.74, 6) is 0.974. The fourth-order valence-corrected chi connectivity index (χ4v) is 1.95. The van der Waals surface area contributed by atoms with Crippen LogP contribution < -0.4 is 11.1 Å². The van der Waals surface area contributed by atoms with Gasteiger partial charge in [0.2, 0.25) is 17.6 Å². The number of carbonyl (C=O) groups excluding carboxylic acids is 1. The molecule has 1 unspecified atom stereocenters. The summed E-state index contributed by atoms with van der Waals surface area (Å²) in [5, 5.41) is 7.37. The van der Waals surface area contributed by atoms with Crippen molar-refractivity contribution in [2.45, 2.75) is 32.2 Å². The quantitative estimate of drug-likeness (QED) is 0.793. The summed E-state index contributed by atoms with van der Waals surface area (Å²) in [4.78, 5) is 15.8. The molecule has 0 aliphatic rings. The van der Waals surface area contributed by atoms with E-state index in [0.717, 1.165) is 5.56 Å². The zero-order valence-corrected chi connectivity index (χ0v) is 14.4. The molecule has 0 aliphatic carbocycles. The number of nitrogens with zero attached hydrogens (tertiary/aromatic N) is 2. The highest BCUT2D eigenvalue weighted by Gasteiger charge is 2.09. The smallest absolute Gasteiger partial charge is 0.228 e. The van der Waals surface area contributed by atoms with E-state index in [0.29, 0.717) is 42.5 Å². The summed E-state index contributed by atoms with van der Waals surface area (Å²) >= 11 is 5.84. The lowest BCUT2D eigenvalue weighted by Gasteiger charge is -2.05. The fourth-order valence-electron chi connectivity index (χ4n) is 1.83. The molecule has 6 nitrogen and oxygen atoms in total. The Morgan fingerprint density at radius 2 is 2.09 bits per heavy atom. The molecule has 8 heteroatoms. The Morgan fingerprint density at radius 3 is 2.74 bits per heavy atom. The number of carbonyl (C=O) groups is 1. The molecule has 2 aromatic rings. The molecule has 0 spiro atoms. The van der Waals surface area contributed by atoms with Crippen LogP contribution >= 0.6 is 24.0 Å². The number of halogens is 2. The summed E-state index contributed by atoms with van der Waals surface area (Å²) < 4.78 is 5.16. The van der Waals surface area contributed by atoms with Crippen molar-refractivity contribution in [1.82, 2.24) is 15.5 Å². The van der Waals surface area contributed by atoms with Gasteiger partial charge in [0.1, 0.15) is 0 Å². The maximum atomic E-state index is 11.6. The average Bonchev–Trinajstić information content (AvgIpc) is 2.95. The number of nitrogens with two attached hydrogens (primary N) is 1. The van der Waals surface area contributed by atoms with Crippen LogP contribution in [0.2, 0.25) is 5.02 Å². The van der Waals surface area contributed by atoms with Gasteiger partial charge in [-0.3, -0.25) is 4.79 Å². The van der Waals surface area contributed by atoms with Crippen LogP contribution in [0.3, 0.4) is 0 Å². The summed E-state index contributed by atoms with van der Waals surface area (Å²) in [5.41, 5.74) is 6.44. The molecule has 0 saturated carbocycles. The highest BCUT2D eigenvalue weighted by atomic mass is 35.5. The SMILES string of the molecule is CC(N)CCC(=O)NCCc1nc(-c2ccc(Cl)cc2)no1.Cl. The van der Waals surface area contributed by atoms with Crippen molar-refractivity contribution in [3.63, 3.8) is 0 Å². The number of amides is 1. The Bertz CT molecular complexity index is 614. The van der Waals surface area contributed by atoms with E-state index in [1.807, 2.05) is 19.1 Å². The van der Waals surface area contributed by atoms with Gasteiger partial charge in [-0.15, -0.1) is 12.4 Å². The highest BCUT2D eigenvalue weighted by molar-refractivity contribution is 6.30. The summed E-state index contributed by atoms with van der Waals surface area (Å²) in [6.07, 6.45) is 1.59. The number of hydrogen-bond acceptors (Lipinski definition) is 5. The Morgan fingerprint density at radius 1 is 1.39 bits per heavy atom. The lowest BCUT2D eigenvalue weighted by Crippen LogP contribution is -2.27. The van der Waals surface area contributed by atoms with Gasteiger partial charge < -0.3 is 15.6 Å². The summed E-state index contributed by atoms with van der Waals surface area (Å²) in [6.45, 7) is 2.34. The fraction of sp³-hybridized carbons (Fsp3) is 0.400. The van der Waals surface area contributed by atoms with Gasteiger partial charge in [0, 0.05) is 36.0 Å². The van der Waals surface area contributed by atoms with Crippen LogP contribution in [0.5, 0.6) is 0 Å². The number of nitrogens with one attached hydrogen (secondary N) is 1. The minimum absolute atomic E-state index is 0. The molecule has 126 valence electrons. The monoisotopic (exact) mass is 358 g/mol. The van der Waals surface area contributed by atoms with E-state index < -0.39 is 0 Å². The molecule has 2 rings (SSSR count). The molecule has 0 bridgehead atoms. The van der Waals surface area contributed by atoms with Crippen LogP contribution in [0.15, 0.2) is 28.8 Å². The number of rotatable bonds is 7. The topological polar surface area (TPSA) is 94.0 Å². The lowest BCUT2D eigenvalue weighted by molar-refractivity contribution is -0.121. The van der Waals surface area contributed by atoms with Gasteiger partial charge in [-0.2, -0.15) is 4.98 Å². The Hall–Kier alpha value is -1.63. The third-order valence-corrected chi connectivity index (χ3v) is 3.31. The minimum Gasteiger partial charge on any atom is -0.356 e. The van der Waals surface area contributed by atoms with Crippen molar-refractivity contribution in [3.05, 3.63) is 35.2 Å². The van der Waals surface area contributed by atoms with Crippen molar-refractivity contribution in [2.24, 2.45) is 5.73 Å². The zero-order chi connectivity index (χ0) is 15.9. The predicted octanol–water partition coefficient (Wildman–Crippen LogP) is 2.60. The molecule has 0 radical (unpaired) electrons. The van der Waals surface area contributed by atoms with Crippen LogP contribution in [0.1, 0.15) is 25.7 Å². The van der Waals surface area contributed by atoms with Crippen LogP contribution in [-0.4, -0.2) is 28.6 Å². The van der Waals surface area contributed by atoms with Crippen molar-refractivity contribution >= 4 is 29.9 Å². The van der Waals surface area contributed by atoms with Gasteiger partial charge in [-0.25, -0.2) is 0 Å². The molecule has 1 aromatic heterocycles. The van der Waals surface area contributed by atoms with E-state index >= 15 is 0 Å². The zero-order valence-electron chi connectivity index (χ0n) is 12.8. The molecule has 1 heterocycles. The molecular formula is C15H20Cl2N4O2. The second-order valence-corrected chi connectivity index (χ2v) is 5.57. The van der Waals surface area contributed by atoms with Crippen molar-refractivity contribution in [3.8, 4) is 11.4 Å². The lowest BCUT2D eigenvalue weighted by atomic mass is 10.2. The molecule has 0 aliphatic heterocycles. The first-order valence-corrected chi connectivity index (χ1v) is 7.53. The normalized spacial score (nSPS) is 11.6. The first kappa shape index (κ1) is 19.4. The van der Waals surface area contributed by atoms with Gasteiger partial charge in [-0.1, -0.05) is 16.8 Å². The highest BCUT2D eigenvalue weighted by Crippen LogP contribution is 2.18. The van der Waals surface area contributed by atoms with Crippen LogP contribution in [-0.2, 0) is 11.2 Å². The largest absolute Gasteiger partial charge is 0.356 e. The maximum Gasteiger partial charge on any atom is 0.228 e. The predicted molar refractivity (Wildman–Crippen MR) is 91.6 cm³/mol. The van der Waals surface area contributed by atoms with E-state index in [9.17, 15) is 4.79 Å². The summed E-state index contributed by atoms with van der Waals surface area (Å²) in [7, 11) is 0. The summed E-state index contributed by atoms with van der Waals surface area (Å²) in [6, 6.07) is 7.22. The first-order valence-electron chi connectivity index (χ1n) is 7.15. The van der Waals surface area contributed by atoms with Gasteiger partial charge in [-0.05, 0) is 37.6 Å². The van der Waals surface area contributed by atoms with E-state index in [1.165, 1.54) is 0 Å². The van der Waals surface area contributed by atoms with Crippen LogP contribution in [0, 0.1) is 0 Å². The minimum atomic E-state index is -0.0188. The second kappa shape index (κ2) is 9.50. The van der Waals surface area contributed by atoms with Crippen LogP contribution in [0.4, 0.5) is 0 Å². The molecule has 0 fully saturated rings. The van der Waals surface area contributed by atoms with Crippen molar-refractivity contribution < 1.29 is 9.32 Å². The van der Waals surface area contributed by atoms with Crippen molar-refractivity contribution in [2.75, 3.05) is 6.54 Å². The first-order chi connectivity index (χ1) is 10.5. The molecule has 3 N–H and O–H groups in total. The number of benzene rings is 1. The molecule has 1 amide bonds. The molecule has 1 aromatic carbocycles. The Labute approximate surface area is 146 Å². The van der Waals surface area contributed by atoms with Crippen LogP contribution in [0.25, 0.3) is 11.4 Å². The van der Waals surface area contributed by atoms with Gasteiger partial charge >= 0.3 is 0 Å². The van der Waals surface area contributed by atoms with E-state index in [2.05, 4.69) is 15.5 Å². The standard InChI is InChI=1S/C15H19ClN4O2.ClH/c1-10(17)2-7-13(21)18-9-8-14-19-15(20-22-14)11-3-5-12(16)6-4-11;/h3-6,10H,2,7-9,17H2,1H3,(H,18,21);1H. The average molecular weight is 359 g/mol. The van der Waals surface area contributed by atoms with E-state index in [4.69, 9.17) is 21.9 Å². The molecule has 0 saturated heterocycles. The third kappa shape index (κ3) is 6.56. The number of hydrogen-bond donors (Lipinski definition) is 2. The van der Waals surface area contributed by atoms with Gasteiger partial charge in [0.15, 0.2) is 0 Å². The van der Waals surface area contributed by atoms with Gasteiger partial charge in [0.05, 0.1) is 0 Å². The Balaban J connectivity index is 0.00000264. The Kier molecular flexibility index (Phi) is 8.02. The number of aromatic nitrogens is 2. The molecule has 1 atom stereocenters.